The summed E-state index contributed by atoms with van der Waals surface area (Å²) < 4.78 is 25.8. The Morgan fingerprint density at radius 3 is 2.47 bits per heavy atom. The van der Waals surface area contributed by atoms with E-state index in [-0.39, 0.29) is 10.8 Å². The van der Waals surface area contributed by atoms with Crippen LogP contribution in [-0.4, -0.2) is 6.54 Å². The van der Waals surface area contributed by atoms with E-state index in [2.05, 4.69) is 5.32 Å². The summed E-state index contributed by atoms with van der Waals surface area (Å²) in [4.78, 5) is 0. The van der Waals surface area contributed by atoms with Gasteiger partial charge >= 0.3 is 0 Å². The minimum absolute atomic E-state index is 0.0264. The maximum Gasteiger partial charge on any atom is 0.143 e. The highest BCUT2D eigenvalue weighted by Crippen LogP contribution is 2.26. The first-order valence-corrected chi connectivity index (χ1v) is 6.17. The summed E-state index contributed by atoms with van der Waals surface area (Å²) in [6.45, 7) is 0.595. The van der Waals surface area contributed by atoms with Crippen LogP contribution in [0.3, 0.4) is 0 Å². The molecule has 0 aliphatic heterocycles. The molecular weight excluding hydrogens is 270 g/mol. The molecule has 2 aromatic carbocycles. The number of nitrogens with two attached hydrogens (primary N) is 1. The number of nitrogen functional groups attached to an aromatic ring is 1. The van der Waals surface area contributed by atoms with E-state index in [9.17, 15) is 8.78 Å². The van der Waals surface area contributed by atoms with Crippen LogP contribution in [0.4, 0.5) is 20.2 Å². The number of hydrogen-bond acceptors (Lipinski definition) is 2. The highest BCUT2D eigenvalue weighted by Gasteiger charge is 2.05. The number of nitrogens with one attached hydrogen (secondary N) is 1. The van der Waals surface area contributed by atoms with E-state index >= 15 is 0 Å². The maximum absolute atomic E-state index is 13.1. The lowest BCUT2D eigenvalue weighted by Crippen LogP contribution is -2.07. The number of hydrogen-bond donors (Lipinski definition) is 2. The summed E-state index contributed by atoms with van der Waals surface area (Å²) >= 11 is 5.69. The van der Waals surface area contributed by atoms with Gasteiger partial charge in [0.05, 0.1) is 16.4 Å². The smallest absolute Gasteiger partial charge is 0.143 e. The molecule has 0 spiro atoms. The lowest BCUT2D eigenvalue weighted by atomic mass is 10.1. The largest absolute Gasteiger partial charge is 0.397 e. The fraction of sp³-hybridized carbons (Fsp3) is 0.143. The van der Waals surface area contributed by atoms with Crippen molar-refractivity contribution in [2.24, 2.45) is 0 Å². The molecule has 0 aliphatic rings. The van der Waals surface area contributed by atoms with Gasteiger partial charge in [0.15, 0.2) is 0 Å². The van der Waals surface area contributed by atoms with Crippen molar-refractivity contribution in [3.05, 3.63) is 58.6 Å². The third-order valence-corrected chi connectivity index (χ3v) is 3.02. The number of rotatable bonds is 4. The van der Waals surface area contributed by atoms with E-state index < -0.39 is 5.82 Å². The molecule has 0 aliphatic carbocycles. The van der Waals surface area contributed by atoms with Crippen molar-refractivity contribution in [2.75, 3.05) is 17.6 Å². The van der Waals surface area contributed by atoms with Gasteiger partial charge in [0.1, 0.15) is 11.6 Å². The Labute approximate surface area is 115 Å². The average molecular weight is 283 g/mol. The van der Waals surface area contributed by atoms with Crippen molar-refractivity contribution in [1.29, 1.82) is 0 Å². The van der Waals surface area contributed by atoms with Crippen LogP contribution < -0.4 is 11.1 Å². The van der Waals surface area contributed by atoms with E-state index in [0.29, 0.717) is 24.3 Å². The number of anilines is 2. The third kappa shape index (κ3) is 3.58. The molecule has 0 heterocycles. The van der Waals surface area contributed by atoms with Crippen LogP contribution in [0.2, 0.25) is 5.02 Å². The summed E-state index contributed by atoms with van der Waals surface area (Å²) in [6.07, 6.45) is 0.703. The van der Waals surface area contributed by atoms with Crippen LogP contribution in [0, 0.1) is 11.6 Å². The summed E-state index contributed by atoms with van der Waals surface area (Å²) in [6, 6.07) is 8.91. The Morgan fingerprint density at radius 2 is 1.79 bits per heavy atom. The van der Waals surface area contributed by atoms with Gasteiger partial charge in [-0.1, -0.05) is 23.7 Å². The van der Waals surface area contributed by atoms with Gasteiger partial charge in [0, 0.05) is 12.6 Å². The van der Waals surface area contributed by atoms with Crippen LogP contribution in [0.5, 0.6) is 0 Å². The van der Waals surface area contributed by atoms with Crippen LogP contribution in [0.25, 0.3) is 0 Å². The zero-order valence-electron chi connectivity index (χ0n) is 10.1. The van der Waals surface area contributed by atoms with Gasteiger partial charge in [0.25, 0.3) is 0 Å². The Hall–Kier alpha value is -1.81. The standard InChI is InChI=1S/C14H13ClF2N2/c15-11-7-14(13(18)8-12(11)17)19-6-5-9-1-3-10(16)4-2-9/h1-4,7-8,19H,5-6,18H2. The molecule has 19 heavy (non-hydrogen) atoms. The molecular formula is C14H13ClF2N2. The molecule has 0 unspecified atom stereocenters. The Kier molecular flexibility index (Phi) is 4.22. The lowest BCUT2D eigenvalue weighted by molar-refractivity contribution is 0.627. The van der Waals surface area contributed by atoms with Crippen molar-refractivity contribution >= 4 is 23.0 Å². The minimum Gasteiger partial charge on any atom is -0.397 e. The molecule has 100 valence electrons. The molecule has 2 aromatic rings. The summed E-state index contributed by atoms with van der Waals surface area (Å²) in [7, 11) is 0. The molecule has 0 atom stereocenters. The fourth-order valence-corrected chi connectivity index (χ4v) is 1.87. The van der Waals surface area contributed by atoms with Crippen molar-refractivity contribution in [1.82, 2.24) is 0 Å². The first-order valence-electron chi connectivity index (χ1n) is 5.79. The molecule has 0 fully saturated rings. The van der Waals surface area contributed by atoms with Crippen LogP contribution in [-0.2, 0) is 6.42 Å². The summed E-state index contributed by atoms with van der Waals surface area (Å²) in [5.41, 5.74) is 7.58. The lowest BCUT2D eigenvalue weighted by Gasteiger charge is -2.10. The second kappa shape index (κ2) is 5.89. The highest BCUT2D eigenvalue weighted by atomic mass is 35.5. The van der Waals surface area contributed by atoms with E-state index in [4.69, 9.17) is 17.3 Å². The molecule has 5 heteroatoms. The molecule has 0 bridgehead atoms. The van der Waals surface area contributed by atoms with Crippen LogP contribution in [0.1, 0.15) is 5.56 Å². The molecule has 0 amide bonds. The zero-order valence-corrected chi connectivity index (χ0v) is 10.8. The zero-order chi connectivity index (χ0) is 13.8. The molecule has 0 aromatic heterocycles. The van der Waals surface area contributed by atoms with Gasteiger partial charge in [-0.2, -0.15) is 0 Å². The Balaban J connectivity index is 1.96. The Morgan fingerprint density at radius 1 is 1.11 bits per heavy atom. The second-order valence-electron chi connectivity index (χ2n) is 4.16. The SMILES string of the molecule is Nc1cc(F)c(Cl)cc1NCCc1ccc(F)cc1. The van der Waals surface area contributed by atoms with Gasteiger partial charge < -0.3 is 11.1 Å². The van der Waals surface area contributed by atoms with Gasteiger partial charge in [-0.25, -0.2) is 8.78 Å². The van der Waals surface area contributed by atoms with E-state index in [1.165, 1.54) is 24.3 Å². The highest BCUT2D eigenvalue weighted by molar-refractivity contribution is 6.31. The first-order chi connectivity index (χ1) is 9.06. The van der Waals surface area contributed by atoms with E-state index in [1.54, 1.807) is 12.1 Å². The molecule has 2 rings (SSSR count). The van der Waals surface area contributed by atoms with Crippen molar-refractivity contribution < 1.29 is 8.78 Å². The molecule has 2 nitrogen and oxygen atoms in total. The van der Waals surface area contributed by atoms with E-state index in [1.807, 2.05) is 0 Å². The van der Waals surface area contributed by atoms with E-state index in [0.717, 1.165) is 5.56 Å². The predicted octanol–water partition coefficient (Wildman–Crippen LogP) is 3.86. The number of benzene rings is 2. The summed E-state index contributed by atoms with van der Waals surface area (Å²) in [5.74, 6) is -0.797. The second-order valence-corrected chi connectivity index (χ2v) is 4.56. The summed E-state index contributed by atoms with van der Waals surface area (Å²) in [5, 5.41) is 3.10. The first kappa shape index (κ1) is 13.6. The average Bonchev–Trinajstić information content (AvgIpc) is 2.38. The quantitative estimate of drug-likeness (QED) is 0.836. The van der Waals surface area contributed by atoms with Crippen LogP contribution in [0.15, 0.2) is 36.4 Å². The van der Waals surface area contributed by atoms with Gasteiger partial charge in [-0.15, -0.1) is 0 Å². The predicted molar refractivity (Wildman–Crippen MR) is 74.4 cm³/mol. The van der Waals surface area contributed by atoms with Gasteiger partial charge in [0.2, 0.25) is 0 Å². The molecule has 3 N–H and O–H groups in total. The normalized spacial score (nSPS) is 10.5. The fourth-order valence-electron chi connectivity index (χ4n) is 1.71. The molecule has 0 radical (unpaired) electrons. The number of halogens is 3. The van der Waals surface area contributed by atoms with Gasteiger partial charge in [-0.05, 0) is 30.2 Å². The maximum atomic E-state index is 13.1. The Bertz CT molecular complexity index is 570. The topological polar surface area (TPSA) is 38.0 Å². The van der Waals surface area contributed by atoms with Crippen molar-refractivity contribution in [3.8, 4) is 0 Å². The van der Waals surface area contributed by atoms with Gasteiger partial charge in [-0.3, -0.25) is 0 Å². The van der Waals surface area contributed by atoms with Crippen molar-refractivity contribution in [3.63, 3.8) is 0 Å². The molecule has 0 saturated carbocycles. The monoisotopic (exact) mass is 282 g/mol. The third-order valence-electron chi connectivity index (χ3n) is 2.73. The minimum atomic E-state index is -0.539. The molecule has 0 saturated heterocycles. The van der Waals surface area contributed by atoms with Crippen molar-refractivity contribution in [2.45, 2.75) is 6.42 Å². The van der Waals surface area contributed by atoms with Crippen LogP contribution >= 0.6 is 11.6 Å².